The molecule has 0 atom stereocenters. The molecule has 32 heavy (non-hydrogen) atoms. The zero-order chi connectivity index (χ0) is 23.1. The van der Waals surface area contributed by atoms with Crippen LogP contribution in [-0.2, 0) is 11.4 Å². The highest BCUT2D eigenvalue weighted by molar-refractivity contribution is 6.32. The molecule has 3 rings (SSSR count). The quantitative estimate of drug-likeness (QED) is 0.321. The Bertz CT molecular complexity index is 1220. The van der Waals surface area contributed by atoms with Crippen molar-refractivity contribution in [2.45, 2.75) is 13.5 Å². The first-order valence-electron chi connectivity index (χ1n) is 9.65. The van der Waals surface area contributed by atoms with Crippen LogP contribution in [0.1, 0.15) is 16.7 Å². The van der Waals surface area contributed by atoms with Gasteiger partial charge in [-0.3, -0.25) is 4.79 Å². The summed E-state index contributed by atoms with van der Waals surface area (Å²) in [7, 11) is 1.52. The largest absolute Gasteiger partial charge is 0.493 e. The number of methoxy groups -OCH3 is 1. The minimum Gasteiger partial charge on any atom is -0.493 e. The SMILES string of the molecule is COc1cc(/C=C(\C#N)C(=O)Nc2cccc(Cl)c2C)ccc1OCc1ccccc1Cl. The molecular formula is C25H20Cl2N2O3. The van der Waals surface area contributed by atoms with Crippen LogP contribution in [0.25, 0.3) is 6.08 Å². The number of ether oxygens (including phenoxy) is 2. The molecular weight excluding hydrogens is 447 g/mol. The molecule has 0 aliphatic carbocycles. The van der Waals surface area contributed by atoms with Gasteiger partial charge >= 0.3 is 0 Å². The number of nitrogens with one attached hydrogen (secondary N) is 1. The zero-order valence-corrected chi connectivity index (χ0v) is 19.0. The Balaban J connectivity index is 1.78. The van der Waals surface area contributed by atoms with Gasteiger partial charge in [-0.2, -0.15) is 5.26 Å². The molecule has 0 saturated heterocycles. The molecule has 3 aromatic rings. The van der Waals surface area contributed by atoms with Crippen LogP contribution in [0.4, 0.5) is 5.69 Å². The molecule has 0 spiro atoms. The van der Waals surface area contributed by atoms with E-state index in [0.717, 1.165) is 11.1 Å². The predicted octanol–water partition coefficient (Wildman–Crippen LogP) is 6.44. The molecule has 0 radical (unpaired) electrons. The number of rotatable bonds is 7. The average Bonchev–Trinajstić information content (AvgIpc) is 2.80. The summed E-state index contributed by atoms with van der Waals surface area (Å²) < 4.78 is 11.3. The standard InChI is InChI=1S/C25H20Cl2N2O3/c1-16-20(26)8-5-9-22(16)29-25(30)19(14-28)12-17-10-11-23(24(13-17)31-2)32-15-18-6-3-4-7-21(18)27/h3-13H,15H2,1-2H3,(H,29,30)/b19-12+. The van der Waals surface area contributed by atoms with E-state index in [2.05, 4.69) is 5.32 Å². The average molecular weight is 467 g/mol. The summed E-state index contributed by atoms with van der Waals surface area (Å²) in [6.07, 6.45) is 1.48. The number of halogens is 2. The third-order valence-corrected chi connectivity index (χ3v) is 5.50. The van der Waals surface area contributed by atoms with Crippen LogP contribution in [0.3, 0.4) is 0 Å². The highest BCUT2D eigenvalue weighted by Crippen LogP contribution is 2.30. The summed E-state index contributed by atoms with van der Waals surface area (Å²) in [5, 5.41) is 13.4. The number of anilines is 1. The second kappa shape index (κ2) is 10.7. The fraction of sp³-hybridized carbons (Fsp3) is 0.120. The molecule has 162 valence electrons. The Morgan fingerprint density at radius 2 is 1.81 bits per heavy atom. The topological polar surface area (TPSA) is 71.3 Å². The number of carbonyl (C=O) groups excluding carboxylic acids is 1. The van der Waals surface area contributed by atoms with E-state index in [0.29, 0.717) is 32.8 Å². The van der Waals surface area contributed by atoms with E-state index in [9.17, 15) is 10.1 Å². The maximum Gasteiger partial charge on any atom is 0.266 e. The van der Waals surface area contributed by atoms with Crippen molar-refractivity contribution in [2.75, 3.05) is 12.4 Å². The second-order valence-corrected chi connectivity index (χ2v) is 7.64. The van der Waals surface area contributed by atoms with Crippen LogP contribution in [0.2, 0.25) is 10.0 Å². The van der Waals surface area contributed by atoms with Crippen molar-refractivity contribution in [3.8, 4) is 17.6 Å². The monoisotopic (exact) mass is 466 g/mol. The van der Waals surface area contributed by atoms with Gasteiger partial charge in [0.25, 0.3) is 5.91 Å². The zero-order valence-electron chi connectivity index (χ0n) is 17.5. The summed E-state index contributed by atoms with van der Waals surface area (Å²) >= 11 is 12.3. The van der Waals surface area contributed by atoms with Crippen molar-refractivity contribution in [1.29, 1.82) is 5.26 Å². The highest BCUT2D eigenvalue weighted by atomic mass is 35.5. The Hall–Kier alpha value is -3.46. The molecule has 1 amide bonds. The molecule has 0 fully saturated rings. The molecule has 5 nitrogen and oxygen atoms in total. The smallest absolute Gasteiger partial charge is 0.266 e. The van der Waals surface area contributed by atoms with Gasteiger partial charge < -0.3 is 14.8 Å². The highest BCUT2D eigenvalue weighted by Gasteiger charge is 2.13. The molecule has 0 heterocycles. The number of nitrogens with zero attached hydrogens (tertiary/aromatic N) is 1. The summed E-state index contributed by atoms with van der Waals surface area (Å²) in [5.74, 6) is 0.451. The van der Waals surface area contributed by atoms with Gasteiger partial charge in [-0.25, -0.2) is 0 Å². The predicted molar refractivity (Wildman–Crippen MR) is 127 cm³/mol. The van der Waals surface area contributed by atoms with Gasteiger partial charge in [0.1, 0.15) is 18.2 Å². The minimum atomic E-state index is -0.532. The van der Waals surface area contributed by atoms with E-state index in [4.69, 9.17) is 32.7 Å². The third-order valence-electron chi connectivity index (χ3n) is 4.72. The van der Waals surface area contributed by atoms with E-state index in [-0.39, 0.29) is 12.2 Å². The van der Waals surface area contributed by atoms with Gasteiger partial charge in [0.2, 0.25) is 0 Å². The van der Waals surface area contributed by atoms with Crippen LogP contribution in [-0.4, -0.2) is 13.0 Å². The Morgan fingerprint density at radius 1 is 1.06 bits per heavy atom. The van der Waals surface area contributed by atoms with E-state index in [1.165, 1.54) is 13.2 Å². The van der Waals surface area contributed by atoms with Gasteiger partial charge in [0.15, 0.2) is 11.5 Å². The fourth-order valence-electron chi connectivity index (χ4n) is 2.91. The molecule has 0 aromatic heterocycles. The summed E-state index contributed by atoms with van der Waals surface area (Å²) in [4.78, 5) is 12.6. The number of amides is 1. The van der Waals surface area contributed by atoms with Gasteiger partial charge in [0.05, 0.1) is 7.11 Å². The molecule has 3 aromatic carbocycles. The Kier molecular flexibility index (Phi) is 7.77. The summed E-state index contributed by atoms with van der Waals surface area (Å²) in [6.45, 7) is 2.07. The van der Waals surface area contributed by atoms with Crippen LogP contribution in [0.15, 0.2) is 66.2 Å². The van der Waals surface area contributed by atoms with Crippen LogP contribution < -0.4 is 14.8 Å². The number of carbonyl (C=O) groups is 1. The van der Waals surface area contributed by atoms with Gasteiger partial charge in [-0.05, 0) is 54.5 Å². The first-order valence-corrected chi connectivity index (χ1v) is 10.4. The molecule has 0 bridgehead atoms. The molecule has 7 heteroatoms. The van der Waals surface area contributed by atoms with Crippen LogP contribution in [0.5, 0.6) is 11.5 Å². The van der Waals surface area contributed by atoms with Crippen molar-refractivity contribution < 1.29 is 14.3 Å². The minimum absolute atomic E-state index is 0.0591. The molecule has 0 unspecified atom stereocenters. The number of hydrogen-bond acceptors (Lipinski definition) is 4. The van der Waals surface area contributed by atoms with E-state index in [1.54, 1.807) is 49.4 Å². The van der Waals surface area contributed by atoms with Crippen molar-refractivity contribution >= 4 is 40.9 Å². The molecule has 0 aliphatic heterocycles. The maximum atomic E-state index is 12.6. The van der Waals surface area contributed by atoms with Gasteiger partial charge in [0, 0.05) is 21.3 Å². The van der Waals surface area contributed by atoms with Crippen molar-refractivity contribution in [2.24, 2.45) is 0 Å². The van der Waals surface area contributed by atoms with E-state index < -0.39 is 5.91 Å². The molecule has 0 aliphatic rings. The third kappa shape index (κ3) is 5.61. The first kappa shape index (κ1) is 23.2. The normalized spacial score (nSPS) is 10.9. The van der Waals surface area contributed by atoms with Crippen molar-refractivity contribution in [3.05, 3.63) is 93.0 Å². The van der Waals surface area contributed by atoms with E-state index in [1.807, 2.05) is 24.3 Å². The number of benzene rings is 3. The molecule has 0 saturated carbocycles. The Labute approximate surface area is 196 Å². The van der Waals surface area contributed by atoms with Crippen LogP contribution in [0, 0.1) is 18.3 Å². The van der Waals surface area contributed by atoms with Crippen molar-refractivity contribution in [3.63, 3.8) is 0 Å². The maximum absolute atomic E-state index is 12.6. The lowest BCUT2D eigenvalue weighted by Crippen LogP contribution is -2.14. The lowest BCUT2D eigenvalue weighted by molar-refractivity contribution is -0.112. The summed E-state index contributed by atoms with van der Waals surface area (Å²) in [6, 6.07) is 19.7. The first-order chi connectivity index (χ1) is 15.4. The summed E-state index contributed by atoms with van der Waals surface area (Å²) in [5.41, 5.74) is 2.67. The van der Waals surface area contributed by atoms with Crippen molar-refractivity contribution in [1.82, 2.24) is 0 Å². The Morgan fingerprint density at radius 3 is 2.53 bits per heavy atom. The fourth-order valence-corrected chi connectivity index (χ4v) is 3.28. The number of nitriles is 1. The van der Waals surface area contributed by atoms with E-state index >= 15 is 0 Å². The van der Waals surface area contributed by atoms with Gasteiger partial charge in [-0.1, -0.05) is 53.5 Å². The lowest BCUT2D eigenvalue weighted by atomic mass is 10.1. The second-order valence-electron chi connectivity index (χ2n) is 6.83. The number of hydrogen-bond donors (Lipinski definition) is 1. The van der Waals surface area contributed by atoms with Gasteiger partial charge in [-0.15, -0.1) is 0 Å². The lowest BCUT2D eigenvalue weighted by Gasteiger charge is -2.12. The molecule has 1 N–H and O–H groups in total. The van der Waals surface area contributed by atoms with Crippen LogP contribution >= 0.6 is 23.2 Å².